The second-order valence-corrected chi connectivity index (χ2v) is 0.901. The third-order valence-electron chi connectivity index (χ3n) is 0.467. The minimum Gasteiger partial charge on any atom is -0.286 e. The van der Waals surface area contributed by atoms with E-state index in [9.17, 15) is 4.79 Å². The van der Waals surface area contributed by atoms with Crippen molar-refractivity contribution in [2.45, 2.75) is 6.17 Å². The summed E-state index contributed by atoms with van der Waals surface area (Å²) in [5.74, 6) is 0. The molecule has 0 spiro atoms. The Labute approximate surface area is 39.1 Å². The van der Waals surface area contributed by atoms with Crippen LogP contribution >= 0.6 is 0 Å². The first-order valence-electron chi connectivity index (χ1n) is 1.61. The molecule has 5 nitrogen and oxygen atoms in total. The van der Waals surface area contributed by atoms with Crippen molar-refractivity contribution in [1.82, 2.24) is 0 Å². The molecule has 0 bridgehead atoms. The highest BCUT2D eigenvalue weighted by Crippen LogP contribution is 1.99. The molecule has 35 valence electrons. The number of nitrogens with zero attached hydrogens (tertiary/aromatic N) is 4. The Morgan fingerprint density at radius 1 is 1.29 bits per heavy atom. The molecule has 0 fully saturated rings. The molecule has 0 unspecified atom stereocenters. The first-order chi connectivity index (χ1) is 3.43. The number of hydrogen-bond donors (Lipinski definition) is 0. The smallest absolute Gasteiger partial charge is 0.253 e. The van der Waals surface area contributed by atoms with Crippen LogP contribution in [0.5, 0.6) is 0 Å². The molecule has 0 aliphatic carbocycles. The molecule has 1 rings (SSSR count). The Kier molecular flexibility index (Phi) is 0.892. The Morgan fingerprint density at radius 3 is 2.14 bits per heavy atom. The van der Waals surface area contributed by atoms with Crippen LogP contribution in [-0.2, 0) is 4.79 Å². The lowest BCUT2D eigenvalue weighted by atomic mass is 10.6. The van der Waals surface area contributed by atoms with Crippen LogP contribution in [0.15, 0.2) is 20.7 Å². The van der Waals surface area contributed by atoms with Gasteiger partial charge in [0.1, 0.15) is 0 Å². The van der Waals surface area contributed by atoms with Gasteiger partial charge < -0.3 is 0 Å². The van der Waals surface area contributed by atoms with E-state index in [2.05, 4.69) is 20.7 Å². The van der Waals surface area contributed by atoms with Crippen molar-refractivity contribution in [2.24, 2.45) is 20.7 Å². The van der Waals surface area contributed by atoms with Crippen LogP contribution in [-0.4, -0.2) is 12.5 Å². The lowest BCUT2D eigenvalue weighted by Crippen LogP contribution is -1.94. The van der Waals surface area contributed by atoms with Crippen molar-refractivity contribution < 1.29 is 4.79 Å². The van der Waals surface area contributed by atoms with E-state index in [1.165, 1.54) is 6.29 Å². The number of rotatable bonds is 1. The van der Waals surface area contributed by atoms with Crippen LogP contribution < -0.4 is 0 Å². The quantitative estimate of drug-likeness (QED) is 0.462. The van der Waals surface area contributed by atoms with E-state index in [-0.39, 0.29) is 0 Å². The standard InChI is InChI=1S/C2HN4O/c7-1-2-3-5-6-4-2/h2H. The monoisotopic (exact) mass is 97.0 g/mol. The summed E-state index contributed by atoms with van der Waals surface area (Å²) in [4.78, 5) is 9.57. The fraction of sp³-hybridized carbons (Fsp3) is 0.500. The summed E-state index contributed by atoms with van der Waals surface area (Å²) in [6, 6.07) is 0. The fourth-order valence-corrected chi connectivity index (χ4v) is 0.214. The van der Waals surface area contributed by atoms with Gasteiger partial charge in [0.15, 0.2) is 0 Å². The third kappa shape index (κ3) is 0.648. The van der Waals surface area contributed by atoms with Crippen LogP contribution in [0.25, 0.3) is 0 Å². The molecule has 1 aliphatic heterocycles. The molecule has 7 heavy (non-hydrogen) atoms. The summed E-state index contributed by atoms with van der Waals surface area (Å²) < 4.78 is 0. The van der Waals surface area contributed by atoms with Crippen molar-refractivity contribution in [3.8, 4) is 0 Å². The van der Waals surface area contributed by atoms with E-state index in [4.69, 9.17) is 0 Å². The minimum absolute atomic E-state index is 0.792. The molecule has 1 heterocycles. The normalized spacial score (nSPS) is 18.3. The topological polar surface area (TPSA) is 66.5 Å². The zero-order valence-corrected chi connectivity index (χ0v) is 3.27. The zero-order chi connectivity index (χ0) is 5.11. The van der Waals surface area contributed by atoms with E-state index in [0.717, 1.165) is 0 Å². The maximum atomic E-state index is 9.57. The lowest BCUT2D eigenvalue weighted by molar-refractivity contribution is 0.543. The summed E-state index contributed by atoms with van der Waals surface area (Å²) in [6.07, 6.45) is 0.701. The Balaban J connectivity index is 2.59. The van der Waals surface area contributed by atoms with Gasteiger partial charge in [-0.25, -0.2) is 0 Å². The SMILES string of the molecule is O=[C]C1N=NN=N1. The Hall–Kier alpha value is -1.13. The molecule has 0 saturated heterocycles. The highest BCUT2D eigenvalue weighted by molar-refractivity contribution is 5.57. The predicted molar refractivity (Wildman–Crippen MR) is 19.2 cm³/mol. The highest BCUT2D eigenvalue weighted by Gasteiger charge is 2.05. The van der Waals surface area contributed by atoms with Gasteiger partial charge >= 0.3 is 0 Å². The maximum absolute atomic E-state index is 9.57. The van der Waals surface area contributed by atoms with Crippen molar-refractivity contribution in [3.05, 3.63) is 0 Å². The van der Waals surface area contributed by atoms with E-state index >= 15 is 0 Å². The molecule has 0 N–H and O–H groups in total. The molecule has 0 atom stereocenters. The zero-order valence-electron chi connectivity index (χ0n) is 3.27. The first-order valence-corrected chi connectivity index (χ1v) is 1.61. The summed E-state index contributed by atoms with van der Waals surface area (Å²) in [7, 11) is 0. The maximum Gasteiger partial charge on any atom is 0.253 e. The van der Waals surface area contributed by atoms with Crippen molar-refractivity contribution in [1.29, 1.82) is 0 Å². The van der Waals surface area contributed by atoms with Crippen LogP contribution in [0, 0.1) is 0 Å². The molecule has 0 saturated carbocycles. The summed E-state index contributed by atoms with van der Waals surface area (Å²) in [5, 5.41) is 12.6. The van der Waals surface area contributed by atoms with Crippen LogP contribution in [0.4, 0.5) is 0 Å². The van der Waals surface area contributed by atoms with E-state index in [0.29, 0.717) is 0 Å². The molecule has 0 amide bonds. The summed E-state index contributed by atoms with van der Waals surface area (Å²) in [5.41, 5.74) is 0. The van der Waals surface area contributed by atoms with Gasteiger partial charge in [0.05, 0.1) is 0 Å². The highest BCUT2D eigenvalue weighted by atomic mass is 16.1. The van der Waals surface area contributed by atoms with Gasteiger partial charge in [-0.15, -0.1) is 10.2 Å². The van der Waals surface area contributed by atoms with Crippen LogP contribution in [0.2, 0.25) is 0 Å². The average Bonchev–Trinajstić information content (AvgIpc) is 2.14. The van der Waals surface area contributed by atoms with Gasteiger partial charge in [0.2, 0.25) is 0 Å². The first kappa shape index (κ1) is 4.04. The Morgan fingerprint density at radius 2 is 1.86 bits per heavy atom. The van der Waals surface area contributed by atoms with Gasteiger partial charge in [0.25, 0.3) is 12.5 Å². The third-order valence-corrected chi connectivity index (χ3v) is 0.467. The van der Waals surface area contributed by atoms with Gasteiger partial charge in [0, 0.05) is 0 Å². The minimum atomic E-state index is -0.792. The largest absolute Gasteiger partial charge is 0.286 e. The van der Waals surface area contributed by atoms with Gasteiger partial charge in [-0.3, -0.25) is 4.79 Å². The van der Waals surface area contributed by atoms with E-state index in [1.54, 1.807) is 0 Å². The molecule has 0 aromatic carbocycles. The lowest BCUT2D eigenvalue weighted by Gasteiger charge is -1.75. The van der Waals surface area contributed by atoms with Crippen LogP contribution in [0.3, 0.4) is 0 Å². The summed E-state index contributed by atoms with van der Waals surface area (Å²) >= 11 is 0. The molecule has 0 aromatic heterocycles. The molecule has 1 radical (unpaired) electrons. The molecular formula is C2HN4O. The van der Waals surface area contributed by atoms with Gasteiger partial charge in [-0.1, -0.05) is 0 Å². The van der Waals surface area contributed by atoms with Gasteiger partial charge in [-0.2, -0.15) is 0 Å². The van der Waals surface area contributed by atoms with Crippen LogP contribution in [0.1, 0.15) is 0 Å². The Bertz CT molecular complexity index is 116. The van der Waals surface area contributed by atoms with Gasteiger partial charge in [-0.05, 0) is 10.4 Å². The summed E-state index contributed by atoms with van der Waals surface area (Å²) in [6.45, 7) is 0. The average molecular weight is 97.1 g/mol. The second-order valence-electron chi connectivity index (χ2n) is 0.901. The van der Waals surface area contributed by atoms with Crippen molar-refractivity contribution in [3.63, 3.8) is 0 Å². The predicted octanol–water partition coefficient (Wildman–Crippen LogP) is 0.255. The van der Waals surface area contributed by atoms with E-state index in [1.807, 2.05) is 0 Å². The fourth-order valence-electron chi connectivity index (χ4n) is 0.214. The molecule has 5 heteroatoms. The van der Waals surface area contributed by atoms with E-state index < -0.39 is 6.17 Å². The molecule has 1 aliphatic rings. The van der Waals surface area contributed by atoms with Crippen molar-refractivity contribution in [2.75, 3.05) is 0 Å². The molecular weight excluding hydrogens is 96.0 g/mol. The number of hydrogen-bond acceptors (Lipinski definition) is 5. The second kappa shape index (κ2) is 1.55. The molecule has 0 aromatic rings. The number of carbonyl (C=O) groups excluding carboxylic acids is 1. The van der Waals surface area contributed by atoms with Crippen molar-refractivity contribution >= 4 is 6.29 Å².